The van der Waals surface area contributed by atoms with E-state index in [9.17, 15) is 4.79 Å². The number of hydrogen-bond donors (Lipinski definition) is 2. The van der Waals surface area contributed by atoms with Crippen LogP contribution in [0.4, 0.5) is 4.79 Å². The zero-order valence-corrected chi connectivity index (χ0v) is 12.9. The summed E-state index contributed by atoms with van der Waals surface area (Å²) >= 11 is 0. The molecule has 2 N–H and O–H groups in total. The van der Waals surface area contributed by atoms with Gasteiger partial charge in [0.05, 0.1) is 5.69 Å². The van der Waals surface area contributed by atoms with E-state index in [1.165, 1.54) is 5.56 Å². The van der Waals surface area contributed by atoms with Gasteiger partial charge in [0.15, 0.2) is 0 Å². The lowest BCUT2D eigenvalue weighted by Gasteiger charge is -2.19. The molecule has 0 aliphatic heterocycles. The fraction of sp³-hybridized carbons (Fsp3) is 0.714. The van der Waals surface area contributed by atoms with Crippen molar-refractivity contribution in [2.45, 2.75) is 58.3 Å². The molecule has 0 radical (unpaired) electrons. The highest BCUT2D eigenvalue weighted by Gasteiger charge is 2.38. The Balaban J connectivity index is 1.71. The van der Waals surface area contributed by atoms with Gasteiger partial charge in [-0.05, 0) is 34.1 Å². The molecule has 112 valence electrons. The number of carbonyl (C=O) groups is 1. The highest BCUT2D eigenvalue weighted by Crippen LogP contribution is 2.22. The van der Waals surface area contributed by atoms with E-state index in [0.717, 1.165) is 18.7 Å². The summed E-state index contributed by atoms with van der Waals surface area (Å²) in [5, 5.41) is 10.6. The molecule has 1 aromatic heterocycles. The quantitative estimate of drug-likeness (QED) is 0.876. The smallest absolute Gasteiger partial charge is 0.407 e. The summed E-state index contributed by atoms with van der Waals surface area (Å²) in [5.41, 5.74) is 1.78. The van der Waals surface area contributed by atoms with Gasteiger partial charge in [-0.3, -0.25) is 4.68 Å². The Labute approximate surface area is 119 Å². The second-order valence-corrected chi connectivity index (χ2v) is 6.39. The molecule has 20 heavy (non-hydrogen) atoms. The maximum absolute atomic E-state index is 11.6. The molecule has 0 spiro atoms. The van der Waals surface area contributed by atoms with Crippen molar-refractivity contribution in [1.29, 1.82) is 0 Å². The van der Waals surface area contributed by atoms with Gasteiger partial charge < -0.3 is 15.4 Å². The first-order valence-electron chi connectivity index (χ1n) is 6.96. The van der Waals surface area contributed by atoms with E-state index in [2.05, 4.69) is 15.7 Å². The minimum atomic E-state index is -0.450. The van der Waals surface area contributed by atoms with Crippen LogP contribution in [0.3, 0.4) is 0 Å². The normalized spacial score (nSPS) is 21.6. The van der Waals surface area contributed by atoms with Gasteiger partial charge in [0.1, 0.15) is 5.60 Å². The molecular formula is C14H24N4O2. The van der Waals surface area contributed by atoms with Crippen LogP contribution in [-0.2, 0) is 18.3 Å². The Morgan fingerprint density at radius 3 is 2.75 bits per heavy atom. The third kappa shape index (κ3) is 4.23. The predicted octanol–water partition coefficient (Wildman–Crippen LogP) is 1.48. The van der Waals surface area contributed by atoms with Crippen molar-refractivity contribution in [2.24, 2.45) is 7.05 Å². The van der Waals surface area contributed by atoms with Crippen LogP contribution < -0.4 is 10.6 Å². The largest absolute Gasteiger partial charge is 0.444 e. The van der Waals surface area contributed by atoms with Crippen LogP contribution in [0, 0.1) is 6.92 Å². The van der Waals surface area contributed by atoms with Crippen LogP contribution in [0.1, 0.15) is 38.4 Å². The van der Waals surface area contributed by atoms with Crippen LogP contribution in [0.25, 0.3) is 0 Å². The van der Waals surface area contributed by atoms with Crippen LogP contribution in [-0.4, -0.2) is 33.6 Å². The number of alkyl carbamates (subject to hydrolysis) is 1. The van der Waals surface area contributed by atoms with Gasteiger partial charge in [-0.15, -0.1) is 0 Å². The van der Waals surface area contributed by atoms with Crippen molar-refractivity contribution < 1.29 is 9.53 Å². The maximum atomic E-state index is 11.6. The Kier molecular flexibility index (Phi) is 4.04. The predicted molar refractivity (Wildman–Crippen MR) is 76.3 cm³/mol. The summed E-state index contributed by atoms with van der Waals surface area (Å²) in [7, 11) is 1.92. The van der Waals surface area contributed by atoms with Crippen LogP contribution in [0.2, 0.25) is 0 Å². The van der Waals surface area contributed by atoms with E-state index in [4.69, 9.17) is 4.74 Å². The number of nitrogens with one attached hydrogen (secondary N) is 2. The van der Waals surface area contributed by atoms with Gasteiger partial charge in [0.25, 0.3) is 0 Å². The second kappa shape index (κ2) is 5.44. The lowest BCUT2D eigenvalue weighted by molar-refractivity contribution is 0.0522. The van der Waals surface area contributed by atoms with E-state index in [0.29, 0.717) is 6.04 Å². The molecule has 1 heterocycles. The SMILES string of the molecule is Cc1nn(C)cc1CNC1CC1NC(=O)OC(C)(C)C. The fourth-order valence-electron chi connectivity index (χ4n) is 2.10. The molecule has 1 saturated carbocycles. The molecule has 0 aromatic carbocycles. The topological polar surface area (TPSA) is 68.2 Å². The van der Waals surface area contributed by atoms with Gasteiger partial charge in [0, 0.05) is 37.4 Å². The molecule has 1 fully saturated rings. The summed E-state index contributed by atoms with van der Waals surface area (Å²) in [6.07, 6.45) is 2.61. The number of ether oxygens (including phenoxy) is 1. The Bertz CT molecular complexity index is 490. The van der Waals surface area contributed by atoms with Crippen molar-refractivity contribution >= 4 is 6.09 Å². The Morgan fingerprint density at radius 1 is 1.50 bits per heavy atom. The molecule has 2 rings (SSSR count). The van der Waals surface area contributed by atoms with E-state index in [-0.39, 0.29) is 12.1 Å². The number of rotatable bonds is 4. The molecular weight excluding hydrogens is 256 g/mol. The van der Waals surface area contributed by atoms with E-state index >= 15 is 0 Å². The number of hydrogen-bond acceptors (Lipinski definition) is 4. The summed E-state index contributed by atoms with van der Waals surface area (Å²) in [4.78, 5) is 11.6. The first-order valence-corrected chi connectivity index (χ1v) is 6.96. The van der Waals surface area contributed by atoms with Crippen molar-refractivity contribution in [3.05, 3.63) is 17.5 Å². The number of carbonyl (C=O) groups excluding carboxylic acids is 1. The lowest BCUT2D eigenvalue weighted by Crippen LogP contribution is -2.36. The first-order chi connectivity index (χ1) is 9.24. The minimum absolute atomic E-state index is 0.168. The fourth-order valence-corrected chi connectivity index (χ4v) is 2.10. The average Bonchev–Trinajstić information content (AvgIpc) is 2.90. The van der Waals surface area contributed by atoms with E-state index < -0.39 is 5.60 Å². The van der Waals surface area contributed by atoms with Gasteiger partial charge in [0.2, 0.25) is 0 Å². The third-order valence-electron chi connectivity index (χ3n) is 3.16. The standard InChI is InChI=1S/C14H24N4O2/c1-9-10(8-18(5)17-9)7-15-11-6-12(11)16-13(19)20-14(2,3)4/h8,11-12,15H,6-7H2,1-5H3,(H,16,19). The second-order valence-electron chi connectivity index (χ2n) is 6.39. The van der Waals surface area contributed by atoms with Gasteiger partial charge in [-0.2, -0.15) is 5.10 Å². The Hall–Kier alpha value is -1.56. The molecule has 2 atom stereocenters. The van der Waals surface area contributed by atoms with Crippen molar-refractivity contribution in [1.82, 2.24) is 20.4 Å². The van der Waals surface area contributed by atoms with Crippen molar-refractivity contribution in [3.8, 4) is 0 Å². The van der Waals surface area contributed by atoms with E-state index in [1.54, 1.807) is 0 Å². The Morgan fingerprint density at radius 2 is 2.20 bits per heavy atom. The van der Waals surface area contributed by atoms with Crippen molar-refractivity contribution in [3.63, 3.8) is 0 Å². The number of aromatic nitrogens is 2. The maximum Gasteiger partial charge on any atom is 0.407 e. The summed E-state index contributed by atoms with van der Waals surface area (Å²) in [5.74, 6) is 0. The van der Waals surface area contributed by atoms with Gasteiger partial charge >= 0.3 is 6.09 Å². The summed E-state index contributed by atoms with van der Waals surface area (Å²) in [6.45, 7) is 8.36. The molecule has 1 aliphatic carbocycles. The van der Waals surface area contributed by atoms with Crippen LogP contribution in [0.15, 0.2) is 6.20 Å². The number of amides is 1. The van der Waals surface area contributed by atoms with Crippen LogP contribution in [0.5, 0.6) is 0 Å². The molecule has 0 saturated heterocycles. The monoisotopic (exact) mass is 280 g/mol. The summed E-state index contributed by atoms with van der Waals surface area (Å²) in [6, 6.07) is 0.490. The number of aryl methyl sites for hydroxylation is 2. The minimum Gasteiger partial charge on any atom is -0.444 e. The summed E-state index contributed by atoms with van der Waals surface area (Å²) < 4.78 is 7.05. The average molecular weight is 280 g/mol. The number of nitrogens with zero attached hydrogens (tertiary/aromatic N) is 2. The van der Waals surface area contributed by atoms with Crippen molar-refractivity contribution in [2.75, 3.05) is 0 Å². The zero-order valence-electron chi connectivity index (χ0n) is 12.9. The molecule has 6 heteroatoms. The van der Waals surface area contributed by atoms with Gasteiger partial charge in [-0.25, -0.2) is 4.79 Å². The van der Waals surface area contributed by atoms with Gasteiger partial charge in [-0.1, -0.05) is 0 Å². The molecule has 6 nitrogen and oxygen atoms in total. The lowest BCUT2D eigenvalue weighted by atomic mass is 10.2. The molecule has 1 aliphatic rings. The highest BCUT2D eigenvalue weighted by molar-refractivity contribution is 5.68. The van der Waals surface area contributed by atoms with Crippen LogP contribution >= 0.6 is 0 Å². The first kappa shape index (κ1) is 14.8. The molecule has 2 unspecified atom stereocenters. The third-order valence-corrected chi connectivity index (χ3v) is 3.16. The molecule has 0 bridgehead atoms. The highest BCUT2D eigenvalue weighted by atomic mass is 16.6. The zero-order chi connectivity index (χ0) is 14.9. The molecule has 1 aromatic rings. The van der Waals surface area contributed by atoms with E-state index in [1.807, 2.05) is 45.6 Å². The molecule has 1 amide bonds.